The molecule has 0 amide bonds. The Hall–Kier alpha value is -2.08. The molecule has 1 aromatic carbocycles. The zero-order valence-electron chi connectivity index (χ0n) is 11.9. The topological polar surface area (TPSA) is 70.1 Å². The molecule has 112 valence electrons. The molecule has 2 N–H and O–H groups in total. The van der Waals surface area contributed by atoms with Gasteiger partial charge in [-0.25, -0.2) is 9.18 Å². The Kier molecular flexibility index (Phi) is 4.18. The van der Waals surface area contributed by atoms with Crippen LogP contribution in [0.15, 0.2) is 12.1 Å². The number of nitrogen functional groups attached to an aromatic ring is 1. The maximum Gasteiger partial charge on any atom is 0.341 e. The van der Waals surface area contributed by atoms with Gasteiger partial charge in [0.25, 0.3) is 0 Å². The first-order valence-corrected chi connectivity index (χ1v) is 6.59. The normalized spacial score (nSPS) is 10.7. The summed E-state index contributed by atoms with van der Waals surface area (Å²) in [5.41, 5.74) is 7.19. The van der Waals surface area contributed by atoms with Crippen molar-refractivity contribution in [3.8, 4) is 0 Å². The molecule has 1 heterocycles. The molecule has 0 aliphatic rings. The predicted molar refractivity (Wildman–Crippen MR) is 77.6 cm³/mol. The van der Waals surface area contributed by atoms with Gasteiger partial charge in [-0.05, 0) is 31.5 Å². The summed E-state index contributed by atoms with van der Waals surface area (Å²) < 4.78 is 20.5. The van der Waals surface area contributed by atoms with Gasteiger partial charge in [0.1, 0.15) is 12.4 Å². The fourth-order valence-corrected chi connectivity index (χ4v) is 2.21. The van der Waals surface area contributed by atoms with Crippen LogP contribution in [0.25, 0.3) is 0 Å². The molecule has 0 atom stereocenters. The highest BCUT2D eigenvalue weighted by molar-refractivity contribution is 6.31. The summed E-state index contributed by atoms with van der Waals surface area (Å²) in [5.74, 6) is -1.43. The van der Waals surface area contributed by atoms with Gasteiger partial charge in [-0.2, -0.15) is 5.10 Å². The standard InChI is InChI=1S/C14H15ClFN3O2/c1-7-4-9(17)5-10(13(7)16)14(20)21-6-11-12(15)8(2)18-19(11)3/h4-5H,6,17H2,1-3H3. The lowest BCUT2D eigenvalue weighted by Crippen LogP contribution is -2.11. The molecule has 0 fully saturated rings. The zero-order valence-corrected chi connectivity index (χ0v) is 12.7. The molecule has 0 unspecified atom stereocenters. The van der Waals surface area contributed by atoms with Gasteiger partial charge in [-0.1, -0.05) is 11.6 Å². The number of aromatic nitrogens is 2. The summed E-state index contributed by atoms with van der Waals surface area (Å²) in [6.07, 6.45) is 0. The van der Waals surface area contributed by atoms with Crippen LogP contribution in [0, 0.1) is 19.7 Å². The van der Waals surface area contributed by atoms with Gasteiger partial charge in [0, 0.05) is 12.7 Å². The van der Waals surface area contributed by atoms with Crippen LogP contribution in [0.4, 0.5) is 10.1 Å². The Morgan fingerprint density at radius 2 is 2.14 bits per heavy atom. The van der Waals surface area contributed by atoms with Crippen molar-refractivity contribution >= 4 is 23.3 Å². The second-order valence-corrected chi connectivity index (χ2v) is 5.12. The first-order chi connectivity index (χ1) is 9.81. The Morgan fingerprint density at radius 1 is 1.48 bits per heavy atom. The fraction of sp³-hybridized carbons (Fsp3) is 0.286. The van der Waals surface area contributed by atoms with E-state index in [2.05, 4.69) is 5.10 Å². The van der Waals surface area contributed by atoms with Gasteiger partial charge in [-0.3, -0.25) is 4.68 Å². The maximum atomic E-state index is 13.9. The molecule has 0 saturated carbocycles. The lowest BCUT2D eigenvalue weighted by Gasteiger charge is -2.08. The molecular formula is C14H15ClFN3O2. The van der Waals surface area contributed by atoms with Crippen molar-refractivity contribution in [1.82, 2.24) is 9.78 Å². The quantitative estimate of drug-likeness (QED) is 0.699. The van der Waals surface area contributed by atoms with Crippen LogP contribution in [-0.2, 0) is 18.4 Å². The number of rotatable bonds is 3. The van der Waals surface area contributed by atoms with Crippen molar-refractivity contribution in [2.24, 2.45) is 7.05 Å². The SMILES string of the molecule is Cc1cc(N)cc(C(=O)OCc2c(Cl)c(C)nn2C)c1F. The number of benzene rings is 1. The fourth-order valence-electron chi connectivity index (χ4n) is 1.99. The number of anilines is 1. The van der Waals surface area contributed by atoms with Crippen LogP contribution in [0.3, 0.4) is 0 Å². The minimum atomic E-state index is -0.794. The number of aryl methyl sites for hydroxylation is 3. The second kappa shape index (κ2) is 5.73. The number of esters is 1. The van der Waals surface area contributed by atoms with Crippen molar-refractivity contribution in [3.05, 3.63) is 45.5 Å². The largest absolute Gasteiger partial charge is 0.455 e. The highest BCUT2D eigenvalue weighted by Gasteiger charge is 2.18. The maximum absolute atomic E-state index is 13.9. The number of carbonyl (C=O) groups is 1. The smallest absolute Gasteiger partial charge is 0.341 e. The first kappa shape index (κ1) is 15.3. The number of nitrogens with two attached hydrogens (primary N) is 1. The van der Waals surface area contributed by atoms with E-state index >= 15 is 0 Å². The number of nitrogens with zero attached hydrogens (tertiary/aromatic N) is 2. The summed E-state index contributed by atoms with van der Waals surface area (Å²) >= 11 is 6.06. The molecular weight excluding hydrogens is 297 g/mol. The third-order valence-corrected chi connectivity index (χ3v) is 3.59. The zero-order chi connectivity index (χ0) is 15.7. The predicted octanol–water partition coefficient (Wildman–Crippen LogP) is 2.77. The summed E-state index contributed by atoms with van der Waals surface area (Å²) in [6.45, 7) is 3.18. The van der Waals surface area contributed by atoms with E-state index in [4.69, 9.17) is 22.1 Å². The Balaban J connectivity index is 2.19. The third-order valence-electron chi connectivity index (χ3n) is 3.10. The van der Waals surface area contributed by atoms with Crippen molar-refractivity contribution < 1.29 is 13.9 Å². The molecule has 0 radical (unpaired) electrons. The third kappa shape index (κ3) is 3.00. The van der Waals surface area contributed by atoms with Crippen LogP contribution < -0.4 is 5.73 Å². The molecule has 0 aliphatic carbocycles. The molecule has 0 bridgehead atoms. The van der Waals surface area contributed by atoms with E-state index in [0.29, 0.717) is 22.1 Å². The number of halogens is 2. The summed E-state index contributed by atoms with van der Waals surface area (Å²) in [4.78, 5) is 12.0. The van der Waals surface area contributed by atoms with Crippen molar-refractivity contribution in [3.63, 3.8) is 0 Å². The number of ether oxygens (including phenoxy) is 1. The molecule has 0 saturated heterocycles. The van der Waals surface area contributed by atoms with Crippen molar-refractivity contribution in [2.75, 3.05) is 5.73 Å². The van der Waals surface area contributed by atoms with E-state index in [0.717, 1.165) is 0 Å². The lowest BCUT2D eigenvalue weighted by atomic mass is 10.1. The average Bonchev–Trinajstić information content (AvgIpc) is 2.65. The average molecular weight is 312 g/mol. The lowest BCUT2D eigenvalue weighted by molar-refractivity contribution is 0.0458. The summed E-state index contributed by atoms with van der Waals surface area (Å²) in [6, 6.07) is 2.70. The Labute approximate surface area is 126 Å². The first-order valence-electron chi connectivity index (χ1n) is 6.22. The highest BCUT2D eigenvalue weighted by Crippen LogP contribution is 2.22. The number of carbonyl (C=O) groups excluding carboxylic acids is 1. The molecule has 0 spiro atoms. The number of hydrogen-bond donors (Lipinski definition) is 1. The van der Waals surface area contributed by atoms with Crippen LogP contribution >= 0.6 is 11.6 Å². The Morgan fingerprint density at radius 3 is 2.71 bits per heavy atom. The van der Waals surface area contributed by atoms with Gasteiger partial charge in [0.15, 0.2) is 0 Å². The van der Waals surface area contributed by atoms with E-state index in [1.54, 1.807) is 14.0 Å². The van der Waals surface area contributed by atoms with Crippen LogP contribution in [0.5, 0.6) is 0 Å². The van der Waals surface area contributed by atoms with E-state index < -0.39 is 11.8 Å². The number of hydrogen-bond acceptors (Lipinski definition) is 4. The van der Waals surface area contributed by atoms with E-state index in [-0.39, 0.29) is 17.7 Å². The van der Waals surface area contributed by atoms with Gasteiger partial charge in [0.05, 0.1) is 22.0 Å². The minimum Gasteiger partial charge on any atom is -0.455 e. The molecule has 2 rings (SSSR count). The van der Waals surface area contributed by atoms with E-state index in [1.165, 1.54) is 23.7 Å². The summed E-state index contributed by atoms with van der Waals surface area (Å²) in [7, 11) is 1.69. The summed E-state index contributed by atoms with van der Waals surface area (Å²) in [5, 5.41) is 4.53. The van der Waals surface area contributed by atoms with Crippen LogP contribution in [0.1, 0.15) is 27.3 Å². The molecule has 1 aromatic heterocycles. The molecule has 2 aromatic rings. The van der Waals surface area contributed by atoms with Gasteiger partial charge < -0.3 is 10.5 Å². The monoisotopic (exact) mass is 311 g/mol. The molecule has 21 heavy (non-hydrogen) atoms. The van der Waals surface area contributed by atoms with Crippen LogP contribution in [0.2, 0.25) is 5.02 Å². The molecule has 0 aliphatic heterocycles. The Bertz CT molecular complexity index is 713. The molecule has 5 nitrogen and oxygen atoms in total. The van der Waals surface area contributed by atoms with Crippen molar-refractivity contribution in [2.45, 2.75) is 20.5 Å². The van der Waals surface area contributed by atoms with Gasteiger partial charge in [0.2, 0.25) is 0 Å². The van der Waals surface area contributed by atoms with Gasteiger partial charge >= 0.3 is 5.97 Å². The second-order valence-electron chi connectivity index (χ2n) is 4.75. The van der Waals surface area contributed by atoms with Crippen molar-refractivity contribution in [1.29, 1.82) is 0 Å². The van der Waals surface area contributed by atoms with E-state index in [1.807, 2.05) is 0 Å². The van der Waals surface area contributed by atoms with Gasteiger partial charge in [-0.15, -0.1) is 0 Å². The minimum absolute atomic E-state index is 0.0949. The highest BCUT2D eigenvalue weighted by atomic mass is 35.5. The van der Waals surface area contributed by atoms with E-state index in [9.17, 15) is 9.18 Å². The van der Waals surface area contributed by atoms with Crippen LogP contribution in [-0.4, -0.2) is 15.7 Å². The molecule has 7 heteroatoms.